The molecule has 19 heteroatoms. The Kier molecular flexibility index (Phi) is 10.0. The smallest absolute Gasteiger partial charge is 0.367 e. The van der Waals surface area contributed by atoms with E-state index in [-0.39, 0.29) is 39.7 Å². The maximum Gasteiger partial charge on any atom is 0.416 e. The lowest BCUT2D eigenvalue weighted by atomic mass is 10.1. The minimum absolute atomic E-state index is 0.000949. The van der Waals surface area contributed by atoms with E-state index in [0.29, 0.717) is 28.8 Å². The van der Waals surface area contributed by atoms with Crippen LogP contribution in [0.3, 0.4) is 0 Å². The zero-order chi connectivity index (χ0) is 36.6. The van der Waals surface area contributed by atoms with E-state index in [0.717, 1.165) is 27.7 Å². The topological polar surface area (TPSA) is 102 Å². The Bertz CT molecular complexity index is 1940. The van der Waals surface area contributed by atoms with Crippen LogP contribution in [0.15, 0.2) is 65.9 Å². The largest absolute Gasteiger partial charge is 0.416 e. The number of nitrogens with zero attached hydrogens (tertiary/aromatic N) is 5. The lowest BCUT2D eigenvalue weighted by Crippen LogP contribution is -2.31. The van der Waals surface area contributed by atoms with Gasteiger partial charge in [0.2, 0.25) is 5.91 Å². The van der Waals surface area contributed by atoms with Gasteiger partial charge in [-0.3, -0.25) is 9.69 Å². The van der Waals surface area contributed by atoms with Crippen LogP contribution in [0.5, 0.6) is 0 Å². The molecule has 9 nitrogen and oxygen atoms in total. The van der Waals surface area contributed by atoms with Gasteiger partial charge in [-0.25, -0.2) is 14.5 Å². The van der Waals surface area contributed by atoms with Crippen LogP contribution in [0.2, 0.25) is 0 Å². The molecule has 2 heterocycles. The predicted octanol–water partition coefficient (Wildman–Crippen LogP) is 8.34. The number of carbonyl (C=O) groups is 2. The van der Waals surface area contributed by atoms with Crippen molar-refractivity contribution in [2.45, 2.75) is 39.0 Å². The number of thioether (sulfide) groups is 1. The highest BCUT2D eigenvalue weighted by Gasteiger charge is 2.37. The first-order chi connectivity index (χ1) is 23.3. The summed E-state index contributed by atoms with van der Waals surface area (Å²) in [6.07, 6.45) is -13.7. The fourth-order valence-corrected chi connectivity index (χ4v) is 5.58. The highest BCUT2D eigenvalue weighted by Crippen LogP contribution is 2.37. The number of halogens is 9. The van der Waals surface area contributed by atoms with E-state index in [1.54, 1.807) is 26.0 Å². The molecule has 1 aliphatic rings. The number of benzene rings is 3. The minimum Gasteiger partial charge on any atom is -0.367 e. The summed E-state index contributed by atoms with van der Waals surface area (Å²) >= 11 is 0.945. The molecule has 1 aliphatic heterocycles. The molecule has 0 bridgehead atoms. The van der Waals surface area contributed by atoms with Crippen molar-refractivity contribution in [1.82, 2.24) is 14.8 Å². The molecule has 1 aromatic heterocycles. The van der Waals surface area contributed by atoms with Gasteiger partial charge in [0.1, 0.15) is 12.9 Å². The van der Waals surface area contributed by atoms with Gasteiger partial charge < -0.3 is 10.1 Å². The third-order valence-electron chi connectivity index (χ3n) is 7.02. The van der Waals surface area contributed by atoms with Gasteiger partial charge in [0.05, 0.1) is 34.9 Å². The molecule has 0 radical (unpaired) electrons. The summed E-state index contributed by atoms with van der Waals surface area (Å²) in [4.78, 5) is 34.9. The molecule has 264 valence electrons. The van der Waals surface area contributed by atoms with E-state index in [9.17, 15) is 49.1 Å². The summed E-state index contributed by atoms with van der Waals surface area (Å²) in [6.45, 7) is 1.34. The summed E-state index contributed by atoms with van der Waals surface area (Å²) in [5, 5.41) is 6.58. The van der Waals surface area contributed by atoms with Crippen LogP contribution >= 0.6 is 11.8 Å². The van der Waals surface area contributed by atoms with Crippen molar-refractivity contribution in [2.75, 3.05) is 22.6 Å². The highest BCUT2D eigenvalue weighted by molar-refractivity contribution is 8.15. The molecular formula is C31H23F9N6O3S. The number of anilines is 2. The first-order valence-corrected chi connectivity index (χ1v) is 15.2. The van der Waals surface area contributed by atoms with Crippen LogP contribution in [-0.4, -0.2) is 50.4 Å². The normalized spacial score (nSPS) is 14.9. The van der Waals surface area contributed by atoms with E-state index in [2.05, 4.69) is 20.4 Å². The summed E-state index contributed by atoms with van der Waals surface area (Å²) in [7, 11) is 0. The number of nitrogens with one attached hydrogen (secondary N) is 1. The van der Waals surface area contributed by atoms with E-state index in [4.69, 9.17) is 4.74 Å². The predicted molar refractivity (Wildman–Crippen MR) is 165 cm³/mol. The highest BCUT2D eigenvalue weighted by atomic mass is 32.2. The van der Waals surface area contributed by atoms with Crippen LogP contribution in [-0.2, 0) is 28.5 Å². The zero-order valence-electron chi connectivity index (χ0n) is 25.7. The first kappa shape index (κ1) is 36.4. The number of hydrogen-bond donors (Lipinski definition) is 1. The maximum atomic E-state index is 13.3. The van der Waals surface area contributed by atoms with Gasteiger partial charge >= 0.3 is 24.6 Å². The van der Waals surface area contributed by atoms with Gasteiger partial charge in [0, 0.05) is 16.8 Å². The number of ether oxygens (including phenoxy) is 1. The number of amides is 3. The SMILES string of the molecule is Cc1ccc(COCC(F)(F)F)c(N2C(=O)CSC2=NC(=O)Nc2ccc(-c3ncn(-c4cc(C(F)(F)F)cc(C(F)(F)F)c4)n3)cc2C)c1. The molecule has 0 unspecified atom stereocenters. The van der Waals surface area contributed by atoms with Gasteiger partial charge in [0.15, 0.2) is 11.0 Å². The number of aromatic nitrogens is 3. The zero-order valence-corrected chi connectivity index (χ0v) is 26.5. The molecule has 5 rings (SSSR count). The van der Waals surface area contributed by atoms with Crippen LogP contribution in [0.25, 0.3) is 17.1 Å². The molecule has 1 N–H and O–H groups in total. The summed E-state index contributed by atoms with van der Waals surface area (Å²) in [6, 6.07) is 9.24. The average Bonchev–Trinajstić information content (AvgIpc) is 3.64. The van der Waals surface area contributed by atoms with Crippen molar-refractivity contribution < 1.29 is 53.8 Å². The molecule has 50 heavy (non-hydrogen) atoms. The Balaban J connectivity index is 1.34. The van der Waals surface area contributed by atoms with Crippen molar-refractivity contribution in [1.29, 1.82) is 0 Å². The second-order valence-corrected chi connectivity index (χ2v) is 11.8. The summed E-state index contributed by atoms with van der Waals surface area (Å²) < 4.78 is 123. The standard InChI is InChI=1S/C31H23F9N6O3S/c1-16-3-4-19(12-49-14-29(32,33)34)24(7-16)46-25(47)13-50-28(46)43-27(48)42-23-6-5-18(8-17(23)2)26-41-15-45(44-26)22-10-20(30(35,36)37)9-21(11-22)31(38,39)40/h3-11,15H,12-14H2,1-2H3,(H,42,48). The van der Waals surface area contributed by atoms with Crippen LogP contribution in [0, 0.1) is 13.8 Å². The first-order valence-electron chi connectivity index (χ1n) is 14.2. The molecule has 3 aromatic carbocycles. The minimum atomic E-state index is -5.05. The quantitative estimate of drug-likeness (QED) is 0.192. The number of amidine groups is 1. The van der Waals surface area contributed by atoms with E-state index >= 15 is 0 Å². The molecule has 0 atom stereocenters. The summed E-state index contributed by atoms with van der Waals surface area (Å²) in [5.41, 5.74) is -1.38. The Hall–Kier alpha value is -4.91. The van der Waals surface area contributed by atoms with Crippen LogP contribution in [0.1, 0.15) is 27.8 Å². The van der Waals surface area contributed by atoms with Gasteiger partial charge in [-0.1, -0.05) is 23.9 Å². The second kappa shape index (κ2) is 13.8. The molecule has 0 saturated carbocycles. The molecule has 1 saturated heterocycles. The molecule has 1 fully saturated rings. The van der Waals surface area contributed by atoms with E-state index < -0.39 is 60.5 Å². The molecule has 0 spiro atoms. The third kappa shape index (κ3) is 8.62. The third-order valence-corrected chi connectivity index (χ3v) is 7.95. The van der Waals surface area contributed by atoms with Crippen molar-refractivity contribution in [3.05, 3.63) is 88.7 Å². The fourth-order valence-electron chi connectivity index (χ4n) is 4.73. The van der Waals surface area contributed by atoms with Crippen molar-refractivity contribution >= 4 is 40.2 Å². The fraction of sp³-hybridized carbons (Fsp3) is 0.258. The van der Waals surface area contributed by atoms with Crippen molar-refractivity contribution in [3.63, 3.8) is 0 Å². The Labute approximate surface area is 281 Å². The molecule has 3 amide bonds. The molecule has 0 aliphatic carbocycles. The van der Waals surface area contributed by atoms with E-state index in [1.165, 1.54) is 24.3 Å². The number of rotatable bonds is 7. The number of aryl methyl sites for hydroxylation is 2. The number of carbonyl (C=O) groups excluding carboxylic acids is 2. The number of urea groups is 1. The van der Waals surface area contributed by atoms with Gasteiger partial charge in [-0.15, -0.1) is 5.10 Å². The van der Waals surface area contributed by atoms with Gasteiger partial charge in [-0.2, -0.15) is 44.5 Å². The lowest BCUT2D eigenvalue weighted by Gasteiger charge is -2.21. The number of hydrogen-bond acceptors (Lipinski definition) is 6. The van der Waals surface area contributed by atoms with Gasteiger partial charge in [0.25, 0.3) is 0 Å². The van der Waals surface area contributed by atoms with Crippen molar-refractivity contribution in [3.8, 4) is 17.1 Å². The monoisotopic (exact) mass is 730 g/mol. The van der Waals surface area contributed by atoms with Crippen molar-refractivity contribution in [2.24, 2.45) is 4.99 Å². The van der Waals surface area contributed by atoms with Crippen LogP contribution < -0.4 is 10.2 Å². The molecule has 4 aromatic rings. The second-order valence-electron chi connectivity index (χ2n) is 10.9. The maximum absolute atomic E-state index is 13.3. The average molecular weight is 731 g/mol. The van der Waals surface area contributed by atoms with Crippen LogP contribution in [0.4, 0.5) is 55.7 Å². The van der Waals surface area contributed by atoms with E-state index in [1.807, 2.05) is 0 Å². The lowest BCUT2D eigenvalue weighted by molar-refractivity contribution is -0.176. The van der Waals surface area contributed by atoms with Gasteiger partial charge in [-0.05, 0) is 67.4 Å². The Morgan fingerprint density at radius 1 is 0.940 bits per heavy atom. The molecular weight excluding hydrogens is 707 g/mol. The summed E-state index contributed by atoms with van der Waals surface area (Å²) in [5.74, 6) is -0.591. The Morgan fingerprint density at radius 2 is 1.62 bits per heavy atom. The Morgan fingerprint density at radius 3 is 2.24 bits per heavy atom. The number of aliphatic imine (C=N–C) groups is 1. The number of alkyl halides is 9.